The zero-order valence-electron chi connectivity index (χ0n) is 10.9. The summed E-state index contributed by atoms with van der Waals surface area (Å²) in [7, 11) is 2.09. The average Bonchev–Trinajstić information content (AvgIpc) is 2.77. The Balaban J connectivity index is 2.16. The van der Waals surface area contributed by atoms with Crippen LogP contribution in [0.1, 0.15) is 6.42 Å². The molecule has 1 unspecified atom stereocenters. The summed E-state index contributed by atoms with van der Waals surface area (Å²) in [6.45, 7) is 2.30. The maximum Gasteiger partial charge on any atom is 0.159 e. The number of fused-ring (bicyclic) bond motifs is 2. The molecule has 0 bridgehead atoms. The van der Waals surface area contributed by atoms with Gasteiger partial charge in [0, 0.05) is 13.1 Å². The van der Waals surface area contributed by atoms with Crippen molar-refractivity contribution in [3.63, 3.8) is 0 Å². The zero-order valence-corrected chi connectivity index (χ0v) is 10.9. The minimum atomic E-state index is 0.0366. The summed E-state index contributed by atoms with van der Waals surface area (Å²) in [6, 6.07) is 0. The Morgan fingerprint density at radius 1 is 1.58 bits per heavy atom. The van der Waals surface area contributed by atoms with Gasteiger partial charge in [-0.05, 0) is 19.0 Å². The fourth-order valence-electron chi connectivity index (χ4n) is 2.78. The number of nitrogens with one attached hydrogen (secondary N) is 1. The highest BCUT2D eigenvalue weighted by Crippen LogP contribution is 2.25. The predicted octanol–water partition coefficient (Wildman–Crippen LogP) is -1.88. The molecule has 4 N–H and O–H groups in total. The highest BCUT2D eigenvalue weighted by Gasteiger charge is 2.30. The van der Waals surface area contributed by atoms with E-state index in [2.05, 4.69) is 32.1 Å². The molecule has 0 saturated carbocycles. The van der Waals surface area contributed by atoms with Gasteiger partial charge in [0.2, 0.25) is 0 Å². The lowest BCUT2D eigenvalue weighted by atomic mass is 9.88. The van der Waals surface area contributed by atoms with Gasteiger partial charge in [-0.1, -0.05) is 0 Å². The van der Waals surface area contributed by atoms with Crippen LogP contribution in [0.4, 0.5) is 5.82 Å². The first-order valence-corrected chi connectivity index (χ1v) is 6.46. The number of aliphatic hydroxyl groups is 1. The van der Waals surface area contributed by atoms with Crippen molar-refractivity contribution in [1.29, 1.82) is 0 Å². The summed E-state index contributed by atoms with van der Waals surface area (Å²) in [5.74, 6) is 1.45. The monoisotopic (exact) mass is 262 g/mol. The Bertz CT molecular complexity index is 631. The molecule has 2 aliphatic rings. The van der Waals surface area contributed by atoms with Crippen LogP contribution in [0.15, 0.2) is 9.98 Å². The van der Waals surface area contributed by atoms with E-state index >= 15 is 0 Å². The number of anilines is 1. The molecule has 3 heterocycles. The maximum absolute atomic E-state index is 8.94. The number of H-pyrrole nitrogens is 1. The number of aliphatic hydroxyl groups excluding tert-OH is 1. The van der Waals surface area contributed by atoms with Gasteiger partial charge in [-0.15, -0.1) is 0 Å². The number of aliphatic imine (C=N–C) groups is 1. The number of nitrogens with two attached hydrogens (primary N) is 1. The molecule has 7 heteroatoms. The Morgan fingerprint density at radius 3 is 3.21 bits per heavy atom. The summed E-state index contributed by atoms with van der Waals surface area (Å²) in [6.07, 6.45) is 0.950. The molecule has 7 nitrogen and oxygen atoms in total. The standard InChI is InChI=1S/C12H18N6O/c1-18-4-2-7-8(6-18)11(14-3-5-19)15-12-9(7)10(13)16-17-12/h8,19H,2-6H2,1H3,(H2,13,16)(H,14,15,17). The number of nitrogens with zero attached hydrogens (tertiary/aromatic N) is 4. The van der Waals surface area contributed by atoms with Crippen LogP contribution in [0.25, 0.3) is 5.57 Å². The quantitative estimate of drug-likeness (QED) is 0.580. The third-order valence-corrected chi connectivity index (χ3v) is 3.69. The summed E-state index contributed by atoms with van der Waals surface area (Å²) < 4.78 is 0. The lowest BCUT2D eigenvalue weighted by Crippen LogP contribution is -2.45. The predicted molar refractivity (Wildman–Crippen MR) is 72.2 cm³/mol. The Morgan fingerprint density at radius 2 is 2.42 bits per heavy atom. The van der Waals surface area contributed by atoms with Crippen LogP contribution in [0.3, 0.4) is 0 Å². The van der Waals surface area contributed by atoms with E-state index in [-0.39, 0.29) is 12.5 Å². The number of hydrogen-bond acceptors (Lipinski definition) is 5. The molecule has 1 atom stereocenters. The lowest BCUT2D eigenvalue weighted by Gasteiger charge is -2.33. The second kappa shape index (κ2) is 4.75. The topological polar surface area (TPSA) is 103 Å². The zero-order chi connectivity index (χ0) is 13.4. The van der Waals surface area contributed by atoms with Crippen molar-refractivity contribution in [2.24, 2.45) is 15.9 Å². The minimum absolute atomic E-state index is 0.0366. The van der Waals surface area contributed by atoms with E-state index in [0.29, 0.717) is 17.9 Å². The molecule has 2 aliphatic heterocycles. The number of amidine groups is 1. The van der Waals surface area contributed by atoms with E-state index in [1.54, 1.807) is 0 Å². The molecule has 0 spiro atoms. The average molecular weight is 262 g/mol. The number of nitrogen functional groups attached to an aromatic ring is 1. The lowest BCUT2D eigenvalue weighted by molar-refractivity contribution is 0.300. The second-order valence-electron chi connectivity index (χ2n) is 5.00. The number of aromatic amines is 1. The van der Waals surface area contributed by atoms with Gasteiger partial charge >= 0.3 is 0 Å². The normalized spacial score (nSPS) is 25.1. The third-order valence-electron chi connectivity index (χ3n) is 3.69. The molecule has 19 heavy (non-hydrogen) atoms. The van der Waals surface area contributed by atoms with Gasteiger partial charge < -0.3 is 15.7 Å². The molecule has 0 aromatic carbocycles. The van der Waals surface area contributed by atoms with Gasteiger partial charge in [-0.2, -0.15) is 5.10 Å². The van der Waals surface area contributed by atoms with Crippen LogP contribution in [0.5, 0.6) is 0 Å². The van der Waals surface area contributed by atoms with Crippen molar-refractivity contribution in [3.8, 4) is 0 Å². The van der Waals surface area contributed by atoms with Crippen molar-refractivity contribution in [1.82, 2.24) is 15.1 Å². The molecule has 0 amide bonds. The number of aromatic nitrogens is 2. The molecule has 1 fully saturated rings. The molecule has 3 rings (SSSR count). The summed E-state index contributed by atoms with van der Waals surface area (Å²) in [5.41, 5.74) is 7.90. The van der Waals surface area contributed by atoms with Crippen LogP contribution in [0, 0.1) is 5.92 Å². The van der Waals surface area contributed by atoms with Gasteiger partial charge in [0.1, 0.15) is 5.84 Å². The van der Waals surface area contributed by atoms with E-state index < -0.39 is 0 Å². The van der Waals surface area contributed by atoms with Crippen LogP contribution < -0.4 is 16.4 Å². The molecular weight excluding hydrogens is 244 g/mol. The van der Waals surface area contributed by atoms with Crippen molar-refractivity contribution >= 4 is 17.2 Å². The SMILES string of the molecule is CN1CCC2=c3c(N)n[nH]c3=NC(=NCCO)C2C1. The number of rotatable bonds is 2. The smallest absolute Gasteiger partial charge is 0.159 e. The van der Waals surface area contributed by atoms with Gasteiger partial charge in [0.15, 0.2) is 11.3 Å². The summed E-state index contributed by atoms with van der Waals surface area (Å²) in [4.78, 5) is 11.2. The molecule has 1 aromatic heterocycles. The fraction of sp³-hybridized carbons (Fsp3) is 0.583. The van der Waals surface area contributed by atoms with Crippen LogP contribution in [-0.2, 0) is 0 Å². The first kappa shape index (κ1) is 12.3. The van der Waals surface area contributed by atoms with Gasteiger partial charge in [0.05, 0.1) is 24.3 Å². The largest absolute Gasteiger partial charge is 0.394 e. The number of hydrogen-bond donors (Lipinski definition) is 3. The van der Waals surface area contributed by atoms with Gasteiger partial charge in [0.25, 0.3) is 0 Å². The third kappa shape index (κ3) is 2.04. The molecule has 0 aliphatic carbocycles. The van der Waals surface area contributed by atoms with E-state index in [0.717, 1.165) is 30.6 Å². The van der Waals surface area contributed by atoms with E-state index in [1.165, 1.54) is 5.57 Å². The molecule has 1 saturated heterocycles. The van der Waals surface area contributed by atoms with Crippen LogP contribution in [0.2, 0.25) is 0 Å². The molecule has 102 valence electrons. The van der Waals surface area contributed by atoms with Gasteiger partial charge in [-0.3, -0.25) is 10.1 Å². The molecule has 1 aromatic rings. The van der Waals surface area contributed by atoms with E-state index in [4.69, 9.17) is 10.8 Å². The second-order valence-corrected chi connectivity index (χ2v) is 5.00. The van der Waals surface area contributed by atoms with Crippen molar-refractivity contribution in [3.05, 3.63) is 10.7 Å². The number of piperidine rings is 1. The Kier molecular flexibility index (Phi) is 3.08. The maximum atomic E-state index is 8.94. The highest BCUT2D eigenvalue weighted by atomic mass is 16.3. The first-order chi connectivity index (χ1) is 9.20. The summed E-state index contributed by atoms with van der Waals surface area (Å²) in [5, 5.41) is 16.8. The Hall–Kier alpha value is -1.73. The molecular formula is C12H18N6O. The minimum Gasteiger partial charge on any atom is -0.394 e. The molecule has 0 radical (unpaired) electrons. The van der Waals surface area contributed by atoms with Crippen LogP contribution >= 0.6 is 0 Å². The van der Waals surface area contributed by atoms with Gasteiger partial charge in [-0.25, -0.2) is 4.99 Å². The fourth-order valence-corrected chi connectivity index (χ4v) is 2.78. The van der Waals surface area contributed by atoms with Crippen molar-refractivity contribution in [2.75, 3.05) is 39.0 Å². The first-order valence-electron chi connectivity index (χ1n) is 6.46. The highest BCUT2D eigenvalue weighted by molar-refractivity contribution is 5.95. The number of likely N-dealkylation sites (tertiary alicyclic amines) is 1. The summed E-state index contributed by atoms with van der Waals surface area (Å²) >= 11 is 0. The Labute approximate surface area is 110 Å². The van der Waals surface area contributed by atoms with E-state index in [9.17, 15) is 0 Å². The van der Waals surface area contributed by atoms with Crippen molar-refractivity contribution < 1.29 is 5.11 Å². The van der Waals surface area contributed by atoms with Crippen molar-refractivity contribution in [2.45, 2.75) is 6.42 Å². The van der Waals surface area contributed by atoms with E-state index in [1.807, 2.05) is 0 Å². The van der Waals surface area contributed by atoms with Crippen LogP contribution in [-0.4, -0.2) is 59.3 Å².